The van der Waals surface area contributed by atoms with Crippen molar-refractivity contribution in [1.29, 1.82) is 0 Å². The van der Waals surface area contributed by atoms with Crippen LogP contribution in [0.4, 0.5) is 5.69 Å². The summed E-state index contributed by atoms with van der Waals surface area (Å²) in [6.07, 6.45) is 0. The zero-order chi connectivity index (χ0) is 14.7. The highest BCUT2D eigenvalue weighted by molar-refractivity contribution is 8.00. The fourth-order valence-corrected chi connectivity index (χ4v) is 2.44. The minimum atomic E-state index is -0.464. The predicted octanol–water partition coefficient (Wildman–Crippen LogP) is 2.51. The van der Waals surface area contributed by atoms with Gasteiger partial charge >= 0.3 is 5.97 Å². The van der Waals surface area contributed by atoms with E-state index in [9.17, 15) is 14.9 Å². The van der Waals surface area contributed by atoms with Crippen molar-refractivity contribution in [3.63, 3.8) is 0 Å². The number of hydrogen-bond donors (Lipinski definition) is 1. The number of aromatic nitrogens is 2. The lowest BCUT2D eigenvalue weighted by molar-refractivity contribution is -0.384. The first-order valence-electron chi connectivity index (χ1n) is 5.98. The molecule has 0 radical (unpaired) electrons. The molecule has 0 aliphatic carbocycles. The maximum atomic E-state index is 11.5. The van der Waals surface area contributed by atoms with Crippen molar-refractivity contribution in [3.05, 3.63) is 28.3 Å². The Labute approximate surface area is 118 Å². The van der Waals surface area contributed by atoms with Gasteiger partial charge in [0, 0.05) is 12.1 Å². The lowest BCUT2D eigenvalue weighted by atomic mass is 10.3. The molecule has 1 aromatic carbocycles. The second-order valence-electron chi connectivity index (χ2n) is 4.01. The van der Waals surface area contributed by atoms with Crippen LogP contribution in [0.1, 0.15) is 13.8 Å². The van der Waals surface area contributed by atoms with Crippen molar-refractivity contribution in [1.82, 2.24) is 9.97 Å². The topological polar surface area (TPSA) is 98.1 Å². The van der Waals surface area contributed by atoms with Crippen LogP contribution < -0.4 is 0 Å². The monoisotopic (exact) mass is 295 g/mol. The van der Waals surface area contributed by atoms with Gasteiger partial charge in [0.2, 0.25) is 0 Å². The summed E-state index contributed by atoms with van der Waals surface area (Å²) in [6, 6.07) is 4.39. The van der Waals surface area contributed by atoms with Crippen LogP contribution in [-0.2, 0) is 9.53 Å². The van der Waals surface area contributed by atoms with E-state index in [0.29, 0.717) is 22.8 Å². The van der Waals surface area contributed by atoms with E-state index in [1.165, 1.54) is 23.9 Å². The zero-order valence-corrected chi connectivity index (χ0v) is 11.8. The largest absolute Gasteiger partial charge is 0.465 e. The Kier molecular flexibility index (Phi) is 4.23. The molecule has 0 amide bonds. The second kappa shape index (κ2) is 5.91. The van der Waals surface area contributed by atoms with Crippen molar-refractivity contribution in [3.8, 4) is 0 Å². The molecule has 0 aliphatic heterocycles. The normalized spacial score (nSPS) is 12.3. The summed E-state index contributed by atoms with van der Waals surface area (Å²) in [5.41, 5.74) is 1.18. The van der Waals surface area contributed by atoms with Gasteiger partial charge in [-0.2, -0.15) is 0 Å². The number of nitro groups is 1. The molecule has 1 aromatic heterocycles. The molecule has 106 valence electrons. The average Bonchev–Trinajstić information content (AvgIpc) is 2.79. The van der Waals surface area contributed by atoms with E-state index in [-0.39, 0.29) is 11.7 Å². The number of aromatic amines is 1. The molecule has 8 heteroatoms. The molecule has 0 saturated heterocycles. The number of imidazole rings is 1. The fraction of sp³-hybridized carbons (Fsp3) is 0.333. The minimum absolute atomic E-state index is 0.00357. The Morgan fingerprint density at radius 3 is 3.00 bits per heavy atom. The van der Waals surface area contributed by atoms with Crippen LogP contribution in [0, 0.1) is 10.1 Å². The van der Waals surface area contributed by atoms with Crippen LogP contribution >= 0.6 is 11.8 Å². The Balaban J connectivity index is 2.19. The molecule has 2 rings (SSSR count). The number of nitrogens with zero attached hydrogens (tertiary/aromatic N) is 2. The summed E-state index contributed by atoms with van der Waals surface area (Å²) in [7, 11) is 0. The van der Waals surface area contributed by atoms with Crippen LogP contribution in [0.25, 0.3) is 11.0 Å². The molecule has 0 spiro atoms. The van der Waals surface area contributed by atoms with Crippen molar-refractivity contribution in [2.45, 2.75) is 24.3 Å². The van der Waals surface area contributed by atoms with E-state index < -0.39 is 10.2 Å². The summed E-state index contributed by atoms with van der Waals surface area (Å²) < 4.78 is 4.91. The maximum absolute atomic E-state index is 11.5. The van der Waals surface area contributed by atoms with Gasteiger partial charge in [0.05, 0.1) is 22.6 Å². The highest BCUT2D eigenvalue weighted by atomic mass is 32.2. The van der Waals surface area contributed by atoms with E-state index in [4.69, 9.17) is 4.74 Å². The van der Waals surface area contributed by atoms with E-state index in [0.717, 1.165) is 0 Å². The average molecular weight is 295 g/mol. The zero-order valence-electron chi connectivity index (χ0n) is 11.0. The number of rotatable bonds is 5. The number of carbonyl (C=O) groups is 1. The summed E-state index contributed by atoms with van der Waals surface area (Å²) in [5, 5.41) is 10.8. The number of carbonyl (C=O) groups excluding carboxylic acids is 1. The third-order valence-electron chi connectivity index (χ3n) is 2.56. The summed E-state index contributed by atoms with van der Waals surface area (Å²) in [6.45, 7) is 3.80. The number of thioether (sulfide) groups is 1. The number of nitro benzene ring substituents is 1. The Hall–Kier alpha value is -2.09. The smallest absolute Gasteiger partial charge is 0.319 e. The van der Waals surface area contributed by atoms with Gasteiger partial charge in [-0.25, -0.2) is 4.98 Å². The molecule has 0 aliphatic rings. The standard InChI is InChI=1S/C12H13N3O4S/c1-3-19-11(16)7(2)20-12-13-9-5-4-8(15(17)18)6-10(9)14-12/h4-7H,3H2,1-2H3,(H,13,14). The molecule has 1 unspecified atom stereocenters. The first kappa shape index (κ1) is 14.3. The number of benzene rings is 1. The lowest BCUT2D eigenvalue weighted by Crippen LogP contribution is -2.16. The maximum Gasteiger partial charge on any atom is 0.319 e. The number of nitrogens with one attached hydrogen (secondary N) is 1. The summed E-state index contributed by atoms with van der Waals surface area (Å²) >= 11 is 1.22. The van der Waals surface area contributed by atoms with Crippen LogP contribution in [0.2, 0.25) is 0 Å². The molecule has 7 nitrogen and oxygen atoms in total. The molecule has 20 heavy (non-hydrogen) atoms. The molecule has 1 N–H and O–H groups in total. The highest BCUT2D eigenvalue weighted by Crippen LogP contribution is 2.26. The van der Waals surface area contributed by atoms with Crippen LogP contribution in [0.3, 0.4) is 0 Å². The van der Waals surface area contributed by atoms with Gasteiger partial charge in [-0.3, -0.25) is 14.9 Å². The quantitative estimate of drug-likeness (QED) is 0.394. The van der Waals surface area contributed by atoms with Crippen LogP contribution in [0.15, 0.2) is 23.4 Å². The van der Waals surface area contributed by atoms with Gasteiger partial charge < -0.3 is 9.72 Å². The SMILES string of the molecule is CCOC(=O)C(C)Sc1nc2ccc([N+](=O)[O-])cc2[nH]1. The van der Waals surface area contributed by atoms with Gasteiger partial charge in [-0.05, 0) is 19.9 Å². The van der Waals surface area contributed by atoms with E-state index in [1.54, 1.807) is 19.9 Å². The van der Waals surface area contributed by atoms with E-state index >= 15 is 0 Å². The third kappa shape index (κ3) is 3.08. The fourth-order valence-electron chi connectivity index (χ4n) is 1.62. The highest BCUT2D eigenvalue weighted by Gasteiger charge is 2.18. The third-order valence-corrected chi connectivity index (χ3v) is 3.52. The number of esters is 1. The summed E-state index contributed by atoms with van der Waals surface area (Å²) in [4.78, 5) is 29.0. The Bertz CT molecular complexity index is 655. The van der Waals surface area contributed by atoms with Crippen LogP contribution in [0.5, 0.6) is 0 Å². The minimum Gasteiger partial charge on any atom is -0.465 e. The molecular formula is C12H13N3O4S. The predicted molar refractivity (Wildman–Crippen MR) is 74.7 cm³/mol. The Morgan fingerprint density at radius 2 is 2.35 bits per heavy atom. The number of ether oxygens (including phenoxy) is 1. The first-order chi connectivity index (χ1) is 9.51. The molecular weight excluding hydrogens is 282 g/mol. The van der Waals surface area contributed by atoms with Gasteiger partial charge in [0.1, 0.15) is 5.25 Å². The molecule has 1 atom stereocenters. The molecule has 1 heterocycles. The van der Waals surface area contributed by atoms with Gasteiger partial charge in [0.25, 0.3) is 5.69 Å². The van der Waals surface area contributed by atoms with E-state index in [2.05, 4.69) is 9.97 Å². The van der Waals surface area contributed by atoms with Gasteiger partial charge in [-0.15, -0.1) is 0 Å². The molecule has 0 bridgehead atoms. The lowest BCUT2D eigenvalue weighted by Gasteiger charge is -2.07. The second-order valence-corrected chi connectivity index (χ2v) is 5.34. The Morgan fingerprint density at radius 1 is 1.60 bits per heavy atom. The van der Waals surface area contributed by atoms with Crippen molar-refractivity contribution >= 4 is 34.5 Å². The van der Waals surface area contributed by atoms with Crippen molar-refractivity contribution < 1.29 is 14.5 Å². The molecule has 0 fully saturated rings. The van der Waals surface area contributed by atoms with Crippen molar-refractivity contribution in [2.75, 3.05) is 6.61 Å². The molecule has 0 saturated carbocycles. The van der Waals surface area contributed by atoms with Gasteiger partial charge in [0.15, 0.2) is 5.16 Å². The van der Waals surface area contributed by atoms with Gasteiger partial charge in [-0.1, -0.05) is 11.8 Å². The van der Waals surface area contributed by atoms with Crippen molar-refractivity contribution in [2.24, 2.45) is 0 Å². The number of fused-ring (bicyclic) bond motifs is 1. The van der Waals surface area contributed by atoms with Crippen LogP contribution in [-0.4, -0.2) is 32.7 Å². The molecule has 2 aromatic rings. The number of H-pyrrole nitrogens is 1. The summed E-state index contributed by atoms with van der Waals surface area (Å²) in [5.74, 6) is -0.316. The number of hydrogen-bond acceptors (Lipinski definition) is 6. The first-order valence-corrected chi connectivity index (χ1v) is 6.86. The van der Waals surface area contributed by atoms with E-state index in [1.807, 2.05) is 0 Å². The number of non-ortho nitro benzene ring substituents is 1.